The molecule has 5 nitrogen and oxygen atoms in total. The van der Waals surface area contributed by atoms with Gasteiger partial charge in [0.25, 0.3) is 0 Å². The molecule has 0 aliphatic heterocycles. The highest BCUT2D eigenvalue weighted by molar-refractivity contribution is 5.77. The molecule has 0 saturated carbocycles. The number of aliphatic hydroxyl groups is 1. The second-order valence-electron chi connectivity index (χ2n) is 7.19. The Morgan fingerprint density at radius 1 is 0.720 bits per heavy atom. The fraction of sp³-hybridized carbons (Fsp3) is 0.900. The third-order valence-corrected chi connectivity index (χ3v) is 4.75. The first-order chi connectivity index (χ1) is 12.0. The molecule has 2 atom stereocenters. The van der Waals surface area contributed by atoms with E-state index >= 15 is 0 Å². The van der Waals surface area contributed by atoms with Gasteiger partial charge in [-0.3, -0.25) is 9.59 Å². The summed E-state index contributed by atoms with van der Waals surface area (Å²) in [6, 6.07) is 0. The lowest BCUT2D eigenvalue weighted by molar-refractivity contribution is -0.148. The molecule has 0 bridgehead atoms. The maximum Gasteiger partial charge on any atom is 0.307 e. The normalized spacial score (nSPS) is 13.5. The SMILES string of the molecule is CCCCCCC(O)CCCCCCCCCC(CC(=O)O)C(=O)O. The Morgan fingerprint density at radius 3 is 1.60 bits per heavy atom. The second-order valence-corrected chi connectivity index (χ2v) is 7.19. The van der Waals surface area contributed by atoms with Gasteiger partial charge in [0.15, 0.2) is 0 Å². The van der Waals surface area contributed by atoms with E-state index in [2.05, 4.69) is 6.92 Å². The maximum atomic E-state index is 10.9. The molecule has 0 saturated heterocycles. The molecule has 0 rings (SSSR count). The van der Waals surface area contributed by atoms with E-state index in [9.17, 15) is 14.7 Å². The molecule has 0 aliphatic carbocycles. The molecule has 0 amide bonds. The maximum absolute atomic E-state index is 10.9. The van der Waals surface area contributed by atoms with Gasteiger partial charge in [0.1, 0.15) is 0 Å². The van der Waals surface area contributed by atoms with Gasteiger partial charge >= 0.3 is 11.9 Å². The predicted molar refractivity (Wildman–Crippen MR) is 99.7 cm³/mol. The summed E-state index contributed by atoms with van der Waals surface area (Å²) < 4.78 is 0. The van der Waals surface area contributed by atoms with Gasteiger partial charge in [0.2, 0.25) is 0 Å². The first kappa shape index (κ1) is 23.9. The van der Waals surface area contributed by atoms with Crippen molar-refractivity contribution in [2.24, 2.45) is 5.92 Å². The van der Waals surface area contributed by atoms with Gasteiger partial charge in [-0.05, 0) is 19.3 Å². The minimum absolute atomic E-state index is 0.140. The van der Waals surface area contributed by atoms with Crippen LogP contribution in [0, 0.1) is 5.92 Å². The van der Waals surface area contributed by atoms with Gasteiger partial charge in [0, 0.05) is 0 Å². The molecule has 0 aromatic rings. The fourth-order valence-electron chi connectivity index (χ4n) is 3.13. The number of carboxylic acids is 2. The van der Waals surface area contributed by atoms with Crippen LogP contribution in [0.3, 0.4) is 0 Å². The fourth-order valence-corrected chi connectivity index (χ4v) is 3.13. The largest absolute Gasteiger partial charge is 0.481 e. The van der Waals surface area contributed by atoms with Gasteiger partial charge in [-0.1, -0.05) is 77.6 Å². The van der Waals surface area contributed by atoms with Crippen molar-refractivity contribution in [2.75, 3.05) is 0 Å². The van der Waals surface area contributed by atoms with Crippen molar-refractivity contribution in [3.05, 3.63) is 0 Å². The molecule has 5 heteroatoms. The molecule has 0 heterocycles. The number of rotatable bonds is 18. The molecular formula is C20H38O5. The predicted octanol–water partition coefficient (Wildman–Crippen LogP) is 5.00. The van der Waals surface area contributed by atoms with Gasteiger partial charge in [-0.2, -0.15) is 0 Å². The minimum Gasteiger partial charge on any atom is -0.481 e. The molecule has 0 aromatic carbocycles. The van der Waals surface area contributed by atoms with Crippen LogP contribution in [0.1, 0.15) is 103 Å². The lowest BCUT2D eigenvalue weighted by atomic mass is 9.97. The Balaban J connectivity index is 3.43. The topological polar surface area (TPSA) is 94.8 Å². The van der Waals surface area contributed by atoms with Crippen molar-refractivity contribution in [1.82, 2.24) is 0 Å². The zero-order valence-corrected chi connectivity index (χ0v) is 15.9. The molecule has 0 aromatic heterocycles. The Bertz CT molecular complexity index is 343. The Morgan fingerprint density at radius 2 is 1.16 bits per heavy atom. The number of unbranched alkanes of at least 4 members (excludes halogenated alkanes) is 9. The van der Waals surface area contributed by atoms with Crippen molar-refractivity contribution in [1.29, 1.82) is 0 Å². The summed E-state index contributed by atoms with van der Waals surface area (Å²) >= 11 is 0. The zero-order valence-electron chi connectivity index (χ0n) is 15.9. The van der Waals surface area contributed by atoms with Crippen LogP contribution >= 0.6 is 0 Å². The van der Waals surface area contributed by atoms with E-state index in [0.29, 0.717) is 6.42 Å². The molecule has 25 heavy (non-hydrogen) atoms. The standard InChI is InChI=1S/C20H38O5/c1-2-3-4-11-14-18(21)15-12-9-7-5-6-8-10-13-17(20(24)25)16-19(22)23/h17-18,21H,2-16H2,1H3,(H,22,23)(H,24,25). The zero-order chi connectivity index (χ0) is 18.9. The van der Waals surface area contributed by atoms with E-state index in [1.54, 1.807) is 0 Å². The van der Waals surface area contributed by atoms with Crippen LogP contribution in [-0.2, 0) is 9.59 Å². The summed E-state index contributed by atoms with van der Waals surface area (Å²) in [4.78, 5) is 21.5. The monoisotopic (exact) mass is 358 g/mol. The number of carboxylic acid groups (broad SMARTS) is 2. The summed E-state index contributed by atoms with van der Waals surface area (Å²) in [5, 5.41) is 27.5. The Hall–Kier alpha value is -1.10. The highest BCUT2D eigenvalue weighted by Gasteiger charge is 2.20. The van der Waals surface area contributed by atoms with E-state index in [1.807, 2.05) is 0 Å². The van der Waals surface area contributed by atoms with E-state index < -0.39 is 17.9 Å². The number of carbonyl (C=O) groups is 2. The molecule has 0 fully saturated rings. The van der Waals surface area contributed by atoms with Crippen LogP contribution in [0.4, 0.5) is 0 Å². The summed E-state index contributed by atoms with van der Waals surface area (Å²) in [6.07, 6.45) is 14.0. The Kier molecular flexibility index (Phi) is 15.7. The van der Waals surface area contributed by atoms with Crippen molar-refractivity contribution < 1.29 is 24.9 Å². The first-order valence-electron chi connectivity index (χ1n) is 10.1. The van der Waals surface area contributed by atoms with Crippen molar-refractivity contribution in [3.8, 4) is 0 Å². The molecule has 0 spiro atoms. The van der Waals surface area contributed by atoms with E-state index in [4.69, 9.17) is 10.2 Å². The molecule has 0 aliphatic rings. The molecule has 0 radical (unpaired) electrons. The van der Waals surface area contributed by atoms with Crippen molar-refractivity contribution in [3.63, 3.8) is 0 Å². The van der Waals surface area contributed by atoms with Crippen LogP contribution in [0.5, 0.6) is 0 Å². The highest BCUT2D eigenvalue weighted by Crippen LogP contribution is 2.17. The van der Waals surface area contributed by atoms with Gasteiger partial charge in [-0.25, -0.2) is 0 Å². The minimum atomic E-state index is -1.04. The van der Waals surface area contributed by atoms with Crippen LogP contribution < -0.4 is 0 Å². The van der Waals surface area contributed by atoms with Crippen LogP contribution in [0.25, 0.3) is 0 Å². The molecule has 3 N–H and O–H groups in total. The third-order valence-electron chi connectivity index (χ3n) is 4.75. The number of aliphatic hydroxyl groups excluding tert-OH is 1. The molecular weight excluding hydrogens is 320 g/mol. The number of hydrogen-bond donors (Lipinski definition) is 3. The quantitative estimate of drug-likeness (QED) is 0.300. The lowest BCUT2D eigenvalue weighted by Gasteiger charge is -2.10. The van der Waals surface area contributed by atoms with Crippen molar-refractivity contribution in [2.45, 2.75) is 109 Å². The van der Waals surface area contributed by atoms with Gasteiger partial charge in [0.05, 0.1) is 18.4 Å². The molecule has 148 valence electrons. The van der Waals surface area contributed by atoms with E-state index in [1.165, 1.54) is 19.3 Å². The van der Waals surface area contributed by atoms with E-state index in [-0.39, 0.29) is 12.5 Å². The van der Waals surface area contributed by atoms with Crippen molar-refractivity contribution >= 4 is 11.9 Å². The van der Waals surface area contributed by atoms with E-state index in [0.717, 1.165) is 64.2 Å². The third kappa shape index (κ3) is 16.1. The summed E-state index contributed by atoms with van der Waals surface area (Å²) in [7, 11) is 0. The highest BCUT2D eigenvalue weighted by atomic mass is 16.4. The van der Waals surface area contributed by atoms with Crippen LogP contribution in [0.2, 0.25) is 0 Å². The lowest BCUT2D eigenvalue weighted by Crippen LogP contribution is -2.17. The Labute approximate surface area is 152 Å². The molecule has 2 unspecified atom stereocenters. The van der Waals surface area contributed by atoms with Crippen LogP contribution in [0.15, 0.2) is 0 Å². The summed E-state index contributed by atoms with van der Waals surface area (Å²) in [5.74, 6) is -2.80. The van der Waals surface area contributed by atoms with Gasteiger partial charge < -0.3 is 15.3 Å². The first-order valence-corrected chi connectivity index (χ1v) is 10.1. The average molecular weight is 359 g/mol. The summed E-state index contributed by atoms with van der Waals surface area (Å²) in [6.45, 7) is 2.19. The smallest absolute Gasteiger partial charge is 0.307 e. The van der Waals surface area contributed by atoms with Gasteiger partial charge in [-0.15, -0.1) is 0 Å². The number of aliphatic carboxylic acids is 2. The average Bonchev–Trinajstić information content (AvgIpc) is 2.55. The van der Waals surface area contributed by atoms with Crippen LogP contribution in [-0.4, -0.2) is 33.4 Å². The summed E-state index contributed by atoms with van der Waals surface area (Å²) in [5.41, 5.74) is 0. The second kappa shape index (κ2) is 16.4. The number of hydrogen-bond acceptors (Lipinski definition) is 3.